The van der Waals surface area contributed by atoms with E-state index in [1.54, 1.807) is 24.7 Å². The number of methoxy groups -OCH3 is 1. The van der Waals surface area contributed by atoms with Crippen LogP contribution in [-0.2, 0) is 4.74 Å². The molecule has 0 saturated heterocycles. The van der Waals surface area contributed by atoms with Crippen LogP contribution in [0.15, 0.2) is 61.3 Å². The number of carbonyl (C=O) groups excluding carboxylic acids is 2. The van der Waals surface area contributed by atoms with Gasteiger partial charge in [-0.3, -0.25) is 9.78 Å². The van der Waals surface area contributed by atoms with Crippen molar-refractivity contribution in [2.45, 2.75) is 0 Å². The summed E-state index contributed by atoms with van der Waals surface area (Å²) < 4.78 is 6.45. The van der Waals surface area contributed by atoms with Gasteiger partial charge in [0.05, 0.1) is 19.0 Å². The van der Waals surface area contributed by atoms with Crippen LogP contribution in [0.4, 0.5) is 5.69 Å². The first kappa shape index (κ1) is 15.4. The van der Waals surface area contributed by atoms with Gasteiger partial charge in [0.1, 0.15) is 5.69 Å². The van der Waals surface area contributed by atoms with Crippen molar-refractivity contribution in [3.05, 3.63) is 72.6 Å². The van der Waals surface area contributed by atoms with E-state index in [1.165, 1.54) is 25.4 Å². The fourth-order valence-corrected chi connectivity index (χ4v) is 2.09. The molecule has 2 aromatic heterocycles. The van der Waals surface area contributed by atoms with Gasteiger partial charge >= 0.3 is 5.97 Å². The van der Waals surface area contributed by atoms with Gasteiger partial charge < -0.3 is 14.6 Å². The normalized spacial score (nSPS) is 10.2. The molecule has 24 heavy (non-hydrogen) atoms. The number of benzene rings is 1. The Hall–Kier alpha value is -3.48. The molecule has 0 aliphatic heterocycles. The zero-order valence-corrected chi connectivity index (χ0v) is 12.8. The Kier molecular flexibility index (Phi) is 4.33. The molecule has 0 spiro atoms. The lowest BCUT2D eigenvalue weighted by Crippen LogP contribution is -2.14. The fourth-order valence-electron chi connectivity index (χ4n) is 2.09. The van der Waals surface area contributed by atoms with Crippen molar-refractivity contribution >= 4 is 17.6 Å². The van der Waals surface area contributed by atoms with E-state index in [0.29, 0.717) is 11.3 Å². The molecule has 3 rings (SSSR count). The molecule has 1 amide bonds. The number of anilines is 1. The minimum absolute atomic E-state index is 0.210. The third kappa shape index (κ3) is 3.30. The van der Waals surface area contributed by atoms with Crippen LogP contribution in [0.25, 0.3) is 5.69 Å². The Morgan fingerprint density at radius 2 is 1.92 bits per heavy atom. The van der Waals surface area contributed by atoms with Gasteiger partial charge in [0.2, 0.25) is 0 Å². The van der Waals surface area contributed by atoms with E-state index in [4.69, 9.17) is 0 Å². The van der Waals surface area contributed by atoms with Crippen molar-refractivity contribution in [2.75, 3.05) is 12.4 Å². The number of amides is 1. The Balaban J connectivity index is 1.69. The molecule has 0 aliphatic carbocycles. The first-order valence-corrected chi connectivity index (χ1v) is 7.11. The van der Waals surface area contributed by atoms with Crippen molar-refractivity contribution < 1.29 is 14.3 Å². The van der Waals surface area contributed by atoms with Gasteiger partial charge in [0.15, 0.2) is 0 Å². The van der Waals surface area contributed by atoms with Crippen molar-refractivity contribution in [3.63, 3.8) is 0 Å². The Morgan fingerprint density at radius 3 is 2.50 bits per heavy atom. The molecule has 0 radical (unpaired) electrons. The van der Waals surface area contributed by atoms with E-state index in [1.807, 2.05) is 22.9 Å². The van der Waals surface area contributed by atoms with E-state index in [9.17, 15) is 9.59 Å². The fraction of sp³-hybridized carbons (Fsp3) is 0.0588. The first-order chi connectivity index (χ1) is 11.7. The summed E-state index contributed by atoms with van der Waals surface area (Å²) >= 11 is 0. The molecule has 7 nitrogen and oxygen atoms in total. The van der Waals surface area contributed by atoms with Crippen LogP contribution in [0, 0.1) is 0 Å². The summed E-state index contributed by atoms with van der Waals surface area (Å²) in [5.41, 5.74) is 2.08. The van der Waals surface area contributed by atoms with E-state index in [2.05, 4.69) is 20.0 Å². The zero-order chi connectivity index (χ0) is 16.9. The van der Waals surface area contributed by atoms with Gasteiger partial charge in [-0.2, -0.15) is 0 Å². The first-order valence-electron chi connectivity index (χ1n) is 7.11. The average molecular weight is 322 g/mol. The lowest BCUT2D eigenvalue weighted by molar-refractivity contribution is 0.0600. The Labute approximate surface area is 137 Å². The molecule has 120 valence electrons. The predicted octanol–water partition coefficient (Wildman–Crippen LogP) is 2.31. The van der Waals surface area contributed by atoms with E-state index >= 15 is 0 Å². The molecular formula is C17H14N4O3. The topological polar surface area (TPSA) is 86.1 Å². The second-order valence-corrected chi connectivity index (χ2v) is 4.89. The zero-order valence-electron chi connectivity index (χ0n) is 12.8. The number of imidazole rings is 1. The van der Waals surface area contributed by atoms with Crippen LogP contribution in [-0.4, -0.2) is 33.5 Å². The Morgan fingerprint density at radius 1 is 1.12 bits per heavy atom. The van der Waals surface area contributed by atoms with Gasteiger partial charge in [-0.25, -0.2) is 9.78 Å². The molecule has 7 heteroatoms. The van der Waals surface area contributed by atoms with Crippen LogP contribution >= 0.6 is 0 Å². The number of esters is 1. The van der Waals surface area contributed by atoms with Crippen molar-refractivity contribution in [1.82, 2.24) is 14.5 Å². The van der Waals surface area contributed by atoms with Crippen LogP contribution in [0.1, 0.15) is 20.8 Å². The number of hydrogen-bond acceptors (Lipinski definition) is 5. The number of nitrogens with zero attached hydrogens (tertiary/aromatic N) is 3. The maximum Gasteiger partial charge on any atom is 0.339 e. The summed E-state index contributed by atoms with van der Waals surface area (Å²) in [6, 6.07) is 10.3. The van der Waals surface area contributed by atoms with Crippen LogP contribution in [0.2, 0.25) is 0 Å². The second kappa shape index (κ2) is 6.74. The lowest BCUT2D eigenvalue weighted by Gasteiger charge is -2.07. The summed E-state index contributed by atoms with van der Waals surface area (Å²) in [6.45, 7) is 0. The van der Waals surface area contributed by atoms with Gasteiger partial charge in [-0.05, 0) is 36.4 Å². The number of hydrogen-bond donors (Lipinski definition) is 1. The van der Waals surface area contributed by atoms with Gasteiger partial charge in [0, 0.05) is 30.0 Å². The summed E-state index contributed by atoms with van der Waals surface area (Å²) in [5.74, 6) is -0.855. The second-order valence-electron chi connectivity index (χ2n) is 4.89. The van der Waals surface area contributed by atoms with Crippen molar-refractivity contribution in [3.8, 4) is 5.69 Å². The smallest absolute Gasteiger partial charge is 0.339 e. The lowest BCUT2D eigenvalue weighted by atomic mass is 10.2. The summed E-state index contributed by atoms with van der Waals surface area (Å²) in [5, 5.41) is 2.75. The van der Waals surface area contributed by atoms with Crippen LogP contribution in [0.5, 0.6) is 0 Å². The molecule has 0 fully saturated rings. The molecule has 1 N–H and O–H groups in total. The van der Waals surface area contributed by atoms with Crippen molar-refractivity contribution in [2.24, 2.45) is 0 Å². The largest absolute Gasteiger partial charge is 0.465 e. The Bertz CT molecular complexity index is 841. The van der Waals surface area contributed by atoms with Crippen LogP contribution < -0.4 is 5.32 Å². The van der Waals surface area contributed by atoms with E-state index < -0.39 is 5.97 Å². The highest BCUT2D eigenvalue weighted by Gasteiger charge is 2.10. The minimum atomic E-state index is -0.496. The number of rotatable bonds is 4. The maximum atomic E-state index is 12.2. The maximum absolute atomic E-state index is 12.2. The number of carbonyl (C=O) groups is 2. The summed E-state index contributed by atoms with van der Waals surface area (Å²) in [6.07, 6.45) is 6.53. The third-order valence-corrected chi connectivity index (χ3v) is 3.34. The quantitative estimate of drug-likeness (QED) is 0.745. The standard InChI is InChI=1S/C17H14N4O3/c1-24-17(23)12-2-7-15(19-10-12)16(22)20-13-3-5-14(6-4-13)21-9-8-18-11-21/h2-11H,1H3,(H,20,22). The van der Waals surface area contributed by atoms with Crippen LogP contribution in [0.3, 0.4) is 0 Å². The highest BCUT2D eigenvalue weighted by atomic mass is 16.5. The molecule has 0 bridgehead atoms. The number of pyridine rings is 1. The molecule has 0 aliphatic rings. The van der Waals surface area contributed by atoms with E-state index in [0.717, 1.165) is 5.69 Å². The number of ether oxygens (including phenoxy) is 1. The highest BCUT2D eigenvalue weighted by molar-refractivity contribution is 6.03. The van der Waals surface area contributed by atoms with Gasteiger partial charge in [-0.15, -0.1) is 0 Å². The predicted molar refractivity (Wildman–Crippen MR) is 87.1 cm³/mol. The molecule has 0 saturated carbocycles. The minimum Gasteiger partial charge on any atom is -0.465 e. The van der Waals surface area contributed by atoms with Crippen molar-refractivity contribution in [1.29, 1.82) is 0 Å². The summed E-state index contributed by atoms with van der Waals surface area (Å²) in [4.78, 5) is 31.5. The highest BCUT2D eigenvalue weighted by Crippen LogP contribution is 2.14. The number of aromatic nitrogens is 3. The SMILES string of the molecule is COC(=O)c1ccc(C(=O)Nc2ccc(-n3ccnc3)cc2)nc1. The molecule has 1 aromatic carbocycles. The molecule has 0 atom stereocenters. The summed E-state index contributed by atoms with van der Waals surface area (Å²) in [7, 11) is 1.29. The monoisotopic (exact) mass is 322 g/mol. The van der Waals surface area contributed by atoms with E-state index in [-0.39, 0.29) is 11.6 Å². The molecule has 3 aromatic rings. The molecule has 0 unspecified atom stereocenters. The van der Waals surface area contributed by atoms with Gasteiger partial charge in [-0.1, -0.05) is 0 Å². The number of nitrogens with one attached hydrogen (secondary N) is 1. The van der Waals surface area contributed by atoms with Gasteiger partial charge in [0.25, 0.3) is 5.91 Å². The third-order valence-electron chi connectivity index (χ3n) is 3.34. The molecule has 2 heterocycles. The molecular weight excluding hydrogens is 308 g/mol. The average Bonchev–Trinajstić information content (AvgIpc) is 3.16.